The van der Waals surface area contributed by atoms with Crippen LogP contribution in [-0.4, -0.2) is 22.6 Å². The minimum Gasteiger partial charge on any atom is -0.358 e. The number of piperidine rings is 1. The normalized spacial score (nSPS) is 31.0. The summed E-state index contributed by atoms with van der Waals surface area (Å²) in [7, 11) is 0. The molecule has 2 saturated heterocycles. The molecule has 4 heteroatoms. The number of nitrogens with one attached hydrogen (secondary N) is 1. The van der Waals surface area contributed by atoms with E-state index < -0.39 is 0 Å². The van der Waals surface area contributed by atoms with Gasteiger partial charge in [-0.3, -0.25) is 4.90 Å². The van der Waals surface area contributed by atoms with E-state index in [1.807, 2.05) is 12.1 Å². The molecule has 2 aromatic carbocycles. The largest absolute Gasteiger partial charge is 0.358 e. The first kappa shape index (κ1) is 14.2. The van der Waals surface area contributed by atoms with Crippen molar-refractivity contribution in [2.75, 3.05) is 5.32 Å². The highest BCUT2D eigenvalue weighted by atomic mass is 15.3. The van der Waals surface area contributed by atoms with Crippen molar-refractivity contribution in [2.45, 2.75) is 50.0 Å². The highest BCUT2D eigenvalue weighted by molar-refractivity contribution is 5.67. The lowest BCUT2D eigenvalue weighted by atomic mass is 9.89. The van der Waals surface area contributed by atoms with Gasteiger partial charge in [0.25, 0.3) is 0 Å². The number of hydrogen-bond acceptors (Lipinski definition) is 4. The fraction of sp³-hybridized carbons (Fsp3) is 0.400. The van der Waals surface area contributed by atoms with E-state index >= 15 is 0 Å². The second kappa shape index (κ2) is 5.42. The Morgan fingerprint density at radius 2 is 1.67 bits per heavy atom. The number of para-hydroxylation sites is 1. The van der Waals surface area contributed by atoms with E-state index in [0.717, 1.165) is 30.8 Å². The Hall–Kier alpha value is -2.20. The van der Waals surface area contributed by atoms with Gasteiger partial charge in [-0.15, -0.1) is 0 Å². The Morgan fingerprint density at radius 1 is 0.958 bits per heavy atom. The van der Waals surface area contributed by atoms with Gasteiger partial charge in [0, 0.05) is 31.5 Å². The van der Waals surface area contributed by atoms with Gasteiger partial charge in [-0.25, -0.2) is 0 Å². The molecule has 3 heterocycles. The Morgan fingerprint density at radius 3 is 2.46 bits per heavy atom. The third-order valence-electron chi connectivity index (χ3n) is 5.75. The van der Waals surface area contributed by atoms with Crippen LogP contribution in [0.25, 0.3) is 0 Å². The maximum absolute atomic E-state index is 4.73. The molecular formula is C20H22N4. The molecule has 1 N–H and O–H groups in total. The molecule has 0 aromatic heterocycles. The van der Waals surface area contributed by atoms with Crippen LogP contribution in [0.5, 0.6) is 0 Å². The summed E-state index contributed by atoms with van der Waals surface area (Å²) in [6, 6.07) is 20.3. The molecule has 0 aliphatic carbocycles. The lowest BCUT2D eigenvalue weighted by Gasteiger charge is -2.45. The van der Waals surface area contributed by atoms with Gasteiger partial charge in [0.2, 0.25) is 0 Å². The van der Waals surface area contributed by atoms with Crippen LogP contribution in [0.15, 0.2) is 64.8 Å². The summed E-state index contributed by atoms with van der Waals surface area (Å²) in [5.74, 6) is 0. The molecule has 1 unspecified atom stereocenters. The summed E-state index contributed by atoms with van der Waals surface area (Å²) in [4.78, 5) is 2.69. The SMILES string of the molecule is c1ccc(CN2[C@@H]3CC[C@H]2CC2(C3)N=Nc3ccccc3N2)cc1. The summed E-state index contributed by atoms with van der Waals surface area (Å²) >= 11 is 0. The molecule has 2 fully saturated rings. The molecule has 3 atom stereocenters. The first-order valence-corrected chi connectivity index (χ1v) is 8.91. The van der Waals surface area contributed by atoms with Crippen LogP contribution < -0.4 is 5.32 Å². The predicted molar refractivity (Wildman–Crippen MR) is 95.3 cm³/mol. The van der Waals surface area contributed by atoms with E-state index in [1.54, 1.807) is 0 Å². The van der Waals surface area contributed by atoms with Crippen LogP contribution in [0, 0.1) is 0 Å². The van der Waals surface area contributed by atoms with Crippen molar-refractivity contribution in [1.29, 1.82) is 0 Å². The van der Waals surface area contributed by atoms with Gasteiger partial charge in [0.1, 0.15) is 5.69 Å². The summed E-state index contributed by atoms with van der Waals surface area (Å²) < 4.78 is 0. The maximum Gasteiger partial charge on any atom is 0.153 e. The average Bonchev–Trinajstić information content (AvgIpc) is 2.87. The summed E-state index contributed by atoms with van der Waals surface area (Å²) in [6.45, 7) is 1.06. The first-order valence-electron chi connectivity index (χ1n) is 8.91. The fourth-order valence-electron chi connectivity index (χ4n) is 4.64. The second-order valence-electron chi connectivity index (χ2n) is 7.32. The number of anilines is 1. The zero-order valence-electron chi connectivity index (χ0n) is 13.7. The topological polar surface area (TPSA) is 40.0 Å². The molecule has 1 spiro atoms. The van der Waals surface area contributed by atoms with E-state index in [1.165, 1.54) is 18.4 Å². The van der Waals surface area contributed by atoms with Gasteiger partial charge in [-0.2, -0.15) is 10.2 Å². The van der Waals surface area contributed by atoms with Crippen molar-refractivity contribution < 1.29 is 0 Å². The van der Waals surface area contributed by atoms with Crippen molar-refractivity contribution in [3.63, 3.8) is 0 Å². The van der Waals surface area contributed by atoms with Gasteiger partial charge in [-0.1, -0.05) is 42.5 Å². The molecule has 0 amide bonds. The highest BCUT2D eigenvalue weighted by Crippen LogP contribution is 2.47. The third kappa shape index (κ3) is 2.33. The van der Waals surface area contributed by atoms with Crippen molar-refractivity contribution in [2.24, 2.45) is 10.2 Å². The molecule has 2 aromatic rings. The van der Waals surface area contributed by atoms with E-state index in [-0.39, 0.29) is 5.66 Å². The molecule has 5 rings (SSSR count). The molecule has 0 radical (unpaired) electrons. The Bertz CT molecular complexity index is 756. The van der Waals surface area contributed by atoms with Gasteiger partial charge in [0.05, 0.1) is 5.69 Å². The number of nitrogens with zero attached hydrogens (tertiary/aromatic N) is 3. The summed E-state index contributed by atoms with van der Waals surface area (Å²) in [6.07, 6.45) is 4.65. The second-order valence-corrected chi connectivity index (χ2v) is 7.32. The van der Waals surface area contributed by atoms with Gasteiger partial charge >= 0.3 is 0 Å². The molecule has 3 aliphatic heterocycles. The quantitative estimate of drug-likeness (QED) is 0.870. The minimum atomic E-state index is -0.201. The molecule has 4 nitrogen and oxygen atoms in total. The van der Waals surface area contributed by atoms with E-state index in [9.17, 15) is 0 Å². The third-order valence-corrected chi connectivity index (χ3v) is 5.75. The lowest BCUT2D eigenvalue weighted by Crippen LogP contribution is -2.53. The maximum atomic E-state index is 4.73. The number of fused-ring (bicyclic) bond motifs is 3. The molecular weight excluding hydrogens is 296 g/mol. The Labute approximate surface area is 142 Å². The molecule has 3 aliphatic rings. The monoisotopic (exact) mass is 318 g/mol. The van der Waals surface area contributed by atoms with E-state index in [2.05, 4.69) is 57.8 Å². The van der Waals surface area contributed by atoms with Crippen LogP contribution in [0.1, 0.15) is 31.2 Å². The van der Waals surface area contributed by atoms with E-state index in [4.69, 9.17) is 5.11 Å². The van der Waals surface area contributed by atoms with Crippen LogP contribution >= 0.6 is 0 Å². The first-order chi connectivity index (χ1) is 11.8. The highest BCUT2D eigenvalue weighted by Gasteiger charge is 2.49. The van der Waals surface area contributed by atoms with Gasteiger partial charge in [-0.05, 0) is 30.5 Å². The number of benzene rings is 2. The zero-order chi connectivity index (χ0) is 16.0. The van der Waals surface area contributed by atoms with Gasteiger partial charge in [0.15, 0.2) is 5.66 Å². The molecule has 0 saturated carbocycles. The van der Waals surface area contributed by atoms with Gasteiger partial charge < -0.3 is 5.32 Å². The minimum absolute atomic E-state index is 0.201. The molecule has 24 heavy (non-hydrogen) atoms. The summed E-state index contributed by atoms with van der Waals surface area (Å²) in [5, 5.41) is 13.0. The van der Waals surface area contributed by atoms with Crippen molar-refractivity contribution in [3.8, 4) is 0 Å². The molecule has 122 valence electrons. The lowest BCUT2D eigenvalue weighted by molar-refractivity contribution is 0.0884. The predicted octanol–water partition coefficient (Wildman–Crippen LogP) is 4.72. The Kier molecular flexibility index (Phi) is 3.20. The van der Waals surface area contributed by atoms with E-state index in [0.29, 0.717) is 12.1 Å². The van der Waals surface area contributed by atoms with Crippen LogP contribution in [-0.2, 0) is 6.54 Å². The summed E-state index contributed by atoms with van der Waals surface area (Å²) in [5.41, 5.74) is 3.30. The number of azo groups is 1. The van der Waals surface area contributed by atoms with Crippen LogP contribution in [0.2, 0.25) is 0 Å². The van der Waals surface area contributed by atoms with Crippen molar-refractivity contribution >= 4 is 11.4 Å². The number of rotatable bonds is 2. The Balaban J connectivity index is 1.38. The van der Waals surface area contributed by atoms with Crippen LogP contribution in [0.4, 0.5) is 11.4 Å². The standard InChI is InChI=1S/C20H22N4/c1-2-6-15(7-3-1)14-24-16-10-11-17(24)13-20(12-16)21-18-8-4-5-9-19(18)22-23-20/h1-9,16-17,21H,10-14H2/t16-,17+,20?. The fourth-order valence-corrected chi connectivity index (χ4v) is 4.64. The average molecular weight is 318 g/mol. The van der Waals surface area contributed by atoms with Crippen LogP contribution in [0.3, 0.4) is 0 Å². The van der Waals surface area contributed by atoms with Crippen molar-refractivity contribution in [1.82, 2.24) is 4.90 Å². The van der Waals surface area contributed by atoms with Crippen molar-refractivity contribution in [3.05, 3.63) is 60.2 Å². The molecule has 2 bridgehead atoms. The number of hydrogen-bond donors (Lipinski definition) is 1. The smallest absolute Gasteiger partial charge is 0.153 e. The zero-order valence-corrected chi connectivity index (χ0v) is 13.7.